The highest BCUT2D eigenvalue weighted by atomic mass is 32.2. The summed E-state index contributed by atoms with van der Waals surface area (Å²) >= 11 is 0. The predicted octanol–water partition coefficient (Wildman–Crippen LogP) is 2.27. The van der Waals surface area contributed by atoms with Crippen molar-refractivity contribution in [2.24, 2.45) is 5.41 Å². The van der Waals surface area contributed by atoms with Crippen LogP contribution in [-0.4, -0.2) is 48.7 Å². The third-order valence-electron chi connectivity index (χ3n) is 5.20. The first-order valence-electron chi connectivity index (χ1n) is 8.35. The lowest BCUT2D eigenvalue weighted by Gasteiger charge is -2.34. The van der Waals surface area contributed by atoms with Gasteiger partial charge in [-0.1, -0.05) is 20.8 Å². The van der Waals surface area contributed by atoms with E-state index in [2.05, 4.69) is 25.5 Å². The molecule has 0 radical (unpaired) electrons. The van der Waals surface area contributed by atoms with Crippen LogP contribution in [0.25, 0.3) is 0 Å². The molecule has 1 aliphatic rings. The second-order valence-electron chi connectivity index (χ2n) is 6.63. The molecule has 23 heavy (non-hydrogen) atoms. The summed E-state index contributed by atoms with van der Waals surface area (Å²) in [7, 11) is -3.71. The molecule has 0 aromatic carbocycles. The van der Waals surface area contributed by atoms with Crippen LogP contribution in [0.2, 0.25) is 18.1 Å². The molecule has 8 heteroatoms. The summed E-state index contributed by atoms with van der Waals surface area (Å²) < 4.78 is 36.8. The lowest BCUT2D eigenvalue weighted by Crippen LogP contribution is -2.44. The van der Waals surface area contributed by atoms with Gasteiger partial charge in [0.1, 0.15) is 0 Å². The van der Waals surface area contributed by atoms with Crippen molar-refractivity contribution >= 4 is 24.3 Å². The van der Waals surface area contributed by atoms with Crippen molar-refractivity contribution in [2.45, 2.75) is 64.2 Å². The van der Waals surface area contributed by atoms with Crippen molar-refractivity contribution in [1.29, 1.82) is 0 Å². The summed E-state index contributed by atoms with van der Waals surface area (Å²) in [6, 6.07) is 2.82. The number of methoxy groups -OCH3 is 1. The Morgan fingerprint density at radius 2 is 1.83 bits per heavy atom. The van der Waals surface area contributed by atoms with Crippen molar-refractivity contribution in [3.8, 4) is 0 Å². The first kappa shape index (κ1) is 20.6. The predicted molar refractivity (Wildman–Crippen MR) is 93.2 cm³/mol. The first-order chi connectivity index (χ1) is 10.7. The molecule has 1 saturated carbocycles. The average Bonchev–Trinajstić information content (AvgIpc) is 2.91. The highest BCUT2D eigenvalue weighted by molar-refractivity contribution is 7.88. The number of nitrogens with one attached hydrogen (secondary N) is 1. The number of ether oxygens (including phenoxy) is 1. The van der Waals surface area contributed by atoms with Crippen molar-refractivity contribution in [2.75, 3.05) is 20.0 Å². The van der Waals surface area contributed by atoms with Crippen molar-refractivity contribution < 1.29 is 22.4 Å². The summed E-state index contributed by atoms with van der Waals surface area (Å²) in [4.78, 5) is 12.4. The van der Waals surface area contributed by atoms with Crippen LogP contribution >= 0.6 is 0 Å². The van der Waals surface area contributed by atoms with Crippen LogP contribution in [0.15, 0.2) is 0 Å². The SMILES string of the molecule is CC[Si](CC)(CC)OC[C@]1(C(=O)OC)CC[C@H](NS(C)(=O)=O)C1. The molecule has 0 saturated heterocycles. The molecule has 0 bridgehead atoms. The fourth-order valence-electron chi connectivity index (χ4n) is 3.47. The number of hydrogen-bond donors (Lipinski definition) is 1. The molecule has 0 aromatic rings. The Bertz CT molecular complexity index is 498. The minimum absolute atomic E-state index is 0.228. The van der Waals surface area contributed by atoms with Gasteiger partial charge in [-0.2, -0.15) is 0 Å². The Morgan fingerprint density at radius 1 is 1.26 bits per heavy atom. The third kappa shape index (κ3) is 5.27. The Kier molecular flexibility index (Phi) is 7.25. The molecule has 0 amide bonds. The Labute approximate surface area is 141 Å². The largest absolute Gasteiger partial charge is 0.469 e. The fourth-order valence-corrected chi connectivity index (χ4v) is 6.97. The van der Waals surface area contributed by atoms with E-state index in [1.807, 2.05) is 0 Å². The van der Waals surface area contributed by atoms with Crippen LogP contribution in [0, 0.1) is 5.41 Å². The minimum Gasteiger partial charge on any atom is -0.469 e. The fraction of sp³-hybridized carbons (Fsp3) is 0.933. The standard InChI is InChI=1S/C15H31NO5SSi/c1-6-23(7-2,8-3)21-12-15(14(17)20-4)10-9-13(11-15)16-22(5,18)19/h13,16H,6-12H2,1-5H3/t13-,15-/m0/s1. The van der Waals surface area contributed by atoms with E-state index in [-0.39, 0.29) is 12.0 Å². The van der Waals surface area contributed by atoms with Gasteiger partial charge in [0.15, 0.2) is 8.32 Å². The van der Waals surface area contributed by atoms with E-state index in [1.54, 1.807) is 0 Å². The Hall–Kier alpha value is -0.443. The molecule has 0 heterocycles. The minimum atomic E-state index is -3.28. The normalized spacial score (nSPS) is 25.5. The molecule has 0 spiro atoms. The zero-order valence-electron chi connectivity index (χ0n) is 15.0. The first-order valence-corrected chi connectivity index (χ1v) is 12.8. The van der Waals surface area contributed by atoms with Gasteiger partial charge in [0, 0.05) is 6.04 Å². The molecular formula is C15H31NO5SSi. The van der Waals surface area contributed by atoms with Crippen LogP contribution in [0.3, 0.4) is 0 Å². The number of esters is 1. The smallest absolute Gasteiger partial charge is 0.314 e. The van der Waals surface area contributed by atoms with E-state index in [4.69, 9.17) is 9.16 Å². The molecule has 1 N–H and O–H groups in total. The van der Waals surface area contributed by atoms with E-state index in [0.29, 0.717) is 25.9 Å². The Morgan fingerprint density at radius 3 is 2.26 bits per heavy atom. The van der Waals surface area contributed by atoms with Gasteiger partial charge in [-0.15, -0.1) is 0 Å². The van der Waals surface area contributed by atoms with Gasteiger partial charge in [0.25, 0.3) is 0 Å². The quantitative estimate of drug-likeness (QED) is 0.501. The highest BCUT2D eigenvalue weighted by Gasteiger charge is 2.48. The van der Waals surface area contributed by atoms with Gasteiger partial charge in [0.05, 0.1) is 25.4 Å². The maximum absolute atomic E-state index is 12.4. The zero-order valence-corrected chi connectivity index (χ0v) is 16.8. The molecule has 0 aromatic heterocycles. The lowest BCUT2D eigenvalue weighted by atomic mass is 9.87. The van der Waals surface area contributed by atoms with Gasteiger partial charge in [-0.05, 0) is 37.4 Å². The van der Waals surface area contributed by atoms with Gasteiger partial charge in [-0.25, -0.2) is 13.1 Å². The van der Waals surface area contributed by atoms with Gasteiger partial charge < -0.3 is 9.16 Å². The highest BCUT2D eigenvalue weighted by Crippen LogP contribution is 2.41. The van der Waals surface area contributed by atoms with Crippen LogP contribution in [0.5, 0.6) is 0 Å². The molecule has 0 aliphatic heterocycles. The molecular weight excluding hydrogens is 334 g/mol. The second-order valence-corrected chi connectivity index (χ2v) is 13.2. The molecule has 6 nitrogen and oxygen atoms in total. The number of sulfonamides is 1. The Balaban J connectivity index is 2.88. The number of rotatable bonds is 9. The summed E-state index contributed by atoms with van der Waals surface area (Å²) in [5, 5.41) is 0. The third-order valence-corrected chi connectivity index (χ3v) is 10.6. The van der Waals surface area contributed by atoms with E-state index in [9.17, 15) is 13.2 Å². The van der Waals surface area contributed by atoms with E-state index < -0.39 is 23.8 Å². The van der Waals surface area contributed by atoms with Gasteiger partial charge in [-0.3, -0.25) is 4.79 Å². The molecule has 1 fully saturated rings. The van der Waals surface area contributed by atoms with Crippen LogP contribution < -0.4 is 4.72 Å². The summed E-state index contributed by atoms with van der Waals surface area (Å²) in [5.41, 5.74) is -0.727. The van der Waals surface area contributed by atoms with Gasteiger partial charge >= 0.3 is 5.97 Å². The average molecular weight is 366 g/mol. The van der Waals surface area contributed by atoms with E-state index in [1.165, 1.54) is 7.11 Å². The zero-order chi connectivity index (χ0) is 17.7. The summed E-state index contributed by atoms with van der Waals surface area (Å²) in [6.45, 7) is 6.77. The molecule has 1 aliphatic carbocycles. The van der Waals surface area contributed by atoms with E-state index in [0.717, 1.165) is 24.4 Å². The summed E-state index contributed by atoms with van der Waals surface area (Å²) in [6.07, 6.45) is 2.80. The van der Waals surface area contributed by atoms with Crippen molar-refractivity contribution in [3.05, 3.63) is 0 Å². The molecule has 2 atom stereocenters. The van der Waals surface area contributed by atoms with E-state index >= 15 is 0 Å². The van der Waals surface area contributed by atoms with Crippen molar-refractivity contribution in [3.63, 3.8) is 0 Å². The van der Waals surface area contributed by atoms with Crippen LogP contribution in [0.4, 0.5) is 0 Å². The number of carbonyl (C=O) groups is 1. The molecule has 0 unspecified atom stereocenters. The second kappa shape index (κ2) is 8.09. The van der Waals surface area contributed by atoms with Crippen LogP contribution in [0.1, 0.15) is 40.0 Å². The number of carbonyl (C=O) groups excluding carboxylic acids is 1. The maximum Gasteiger partial charge on any atom is 0.314 e. The molecule has 136 valence electrons. The van der Waals surface area contributed by atoms with Gasteiger partial charge in [0.2, 0.25) is 10.0 Å². The summed E-state index contributed by atoms with van der Waals surface area (Å²) in [5.74, 6) is -0.290. The van der Waals surface area contributed by atoms with Crippen molar-refractivity contribution in [1.82, 2.24) is 4.72 Å². The van der Waals surface area contributed by atoms with Crippen LogP contribution in [-0.2, 0) is 24.0 Å². The maximum atomic E-state index is 12.4. The topological polar surface area (TPSA) is 81.7 Å². The number of hydrogen-bond acceptors (Lipinski definition) is 5. The molecule has 1 rings (SSSR count). The monoisotopic (exact) mass is 365 g/mol. The lowest BCUT2D eigenvalue weighted by molar-refractivity contribution is -0.154.